The largest absolute Gasteiger partial charge is 0.368 e. The van der Waals surface area contributed by atoms with Crippen molar-refractivity contribution >= 4 is 0 Å². The van der Waals surface area contributed by atoms with Crippen LogP contribution in [-0.4, -0.2) is 38.0 Å². The smallest absolute Gasteiger partial charge is 0.183 e. The van der Waals surface area contributed by atoms with Crippen LogP contribution < -0.4 is 0 Å². The molecule has 0 bridgehead atoms. The number of ether oxygens (including phenoxy) is 3. The average Bonchev–Trinajstić information content (AvgIpc) is 2.07. The number of hydrogen-bond donors (Lipinski definition) is 1. The van der Waals surface area contributed by atoms with Gasteiger partial charge in [0.15, 0.2) is 12.6 Å². The Hall–Kier alpha value is -0.160. The highest BCUT2D eigenvalue weighted by molar-refractivity contribution is 4.68. The van der Waals surface area contributed by atoms with E-state index in [9.17, 15) is 5.11 Å². The van der Waals surface area contributed by atoms with Crippen molar-refractivity contribution < 1.29 is 19.3 Å². The Morgan fingerprint density at radius 2 is 2.00 bits per heavy atom. The first-order valence-corrected chi connectivity index (χ1v) is 4.17. The lowest BCUT2D eigenvalue weighted by Crippen LogP contribution is -2.38. The van der Waals surface area contributed by atoms with Crippen LogP contribution in [-0.2, 0) is 14.2 Å². The fraction of sp³-hybridized carbons (Fsp3) is 1.00. The summed E-state index contributed by atoms with van der Waals surface area (Å²) < 4.78 is 15.3. The lowest BCUT2D eigenvalue weighted by atomic mass is 10.1. The highest BCUT2D eigenvalue weighted by Gasteiger charge is 2.27. The molecule has 0 aromatic rings. The fourth-order valence-corrected chi connectivity index (χ4v) is 1.43. The van der Waals surface area contributed by atoms with E-state index < -0.39 is 6.29 Å². The first-order valence-electron chi connectivity index (χ1n) is 4.17. The number of methoxy groups -OCH3 is 2. The third kappa shape index (κ3) is 2.42. The molecule has 1 saturated heterocycles. The molecule has 1 aliphatic heterocycles. The van der Waals surface area contributed by atoms with Gasteiger partial charge in [-0.2, -0.15) is 0 Å². The van der Waals surface area contributed by atoms with Crippen LogP contribution in [0.2, 0.25) is 0 Å². The Morgan fingerprint density at radius 3 is 2.50 bits per heavy atom. The molecule has 1 rings (SSSR count). The van der Waals surface area contributed by atoms with Crippen LogP contribution in [0.15, 0.2) is 0 Å². The standard InChI is InChI=1S/C8H16O4/c1-10-8(11-2)6-4-3-5-7(9)12-6/h6-9H,3-5H2,1-2H3/t6-,7?/m0/s1. The summed E-state index contributed by atoms with van der Waals surface area (Å²) in [6, 6.07) is 0. The summed E-state index contributed by atoms with van der Waals surface area (Å²) in [7, 11) is 3.14. The molecular weight excluding hydrogens is 160 g/mol. The van der Waals surface area contributed by atoms with Crippen molar-refractivity contribution in [2.45, 2.75) is 37.9 Å². The van der Waals surface area contributed by atoms with Crippen molar-refractivity contribution in [1.29, 1.82) is 0 Å². The van der Waals surface area contributed by atoms with Crippen molar-refractivity contribution in [2.75, 3.05) is 14.2 Å². The van der Waals surface area contributed by atoms with Gasteiger partial charge in [-0.15, -0.1) is 0 Å². The maximum atomic E-state index is 9.19. The van der Waals surface area contributed by atoms with Gasteiger partial charge < -0.3 is 19.3 Å². The minimum Gasteiger partial charge on any atom is -0.368 e. The van der Waals surface area contributed by atoms with Gasteiger partial charge in [0, 0.05) is 14.2 Å². The van der Waals surface area contributed by atoms with E-state index >= 15 is 0 Å². The molecule has 1 unspecified atom stereocenters. The van der Waals surface area contributed by atoms with Crippen molar-refractivity contribution in [2.24, 2.45) is 0 Å². The zero-order valence-corrected chi connectivity index (χ0v) is 7.53. The van der Waals surface area contributed by atoms with E-state index in [0.717, 1.165) is 12.8 Å². The van der Waals surface area contributed by atoms with E-state index in [-0.39, 0.29) is 12.4 Å². The van der Waals surface area contributed by atoms with Gasteiger partial charge in [0.1, 0.15) is 6.10 Å². The summed E-state index contributed by atoms with van der Waals surface area (Å²) in [4.78, 5) is 0. The zero-order valence-electron chi connectivity index (χ0n) is 7.53. The number of rotatable bonds is 3. The highest BCUT2D eigenvalue weighted by atomic mass is 16.7. The van der Waals surface area contributed by atoms with Gasteiger partial charge in [0.2, 0.25) is 0 Å². The predicted octanol–water partition coefficient (Wildman–Crippen LogP) is 0.493. The second kappa shape index (κ2) is 4.77. The molecule has 2 atom stereocenters. The second-order valence-electron chi connectivity index (χ2n) is 2.90. The summed E-state index contributed by atoms with van der Waals surface area (Å²) in [5.74, 6) is 0. The summed E-state index contributed by atoms with van der Waals surface area (Å²) in [5, 5.41) is 9.19. The Kier molecular flexibility index (Phi) is 3.94. The fourth-order valence-electron chi connectivity index (χ4n) is 1.43. The third-order valence-corrected chi connectivity index (χ3v) is 2.04. The maximum absolute atomic E-state index is 9.19. The lowest BCUT2D eigenvalue weighted by molar-refractivity contribution is -0.246. The Morgan fingerprint density at radius 1 is 1.33 bits per heavy atom. The molecule has 0 radical (unpaired) electrons. The van der Waals surface area contributed by atoms with Gasteiger partial charge in [-0.1, -0.05) is 0 Å². The van der Waals surface area contributed by atoms with Crippen molar-refractivity contribution in [1.82, 2.24) is 0 Å². The monoisotopic (exact) mass is 176 g/mol. The van der Waals surface area contributed by atoms with Gasteiger partial charge in [0.25, 0.3) is 0 Å². The minimum atomic E-state index is -0.656. The van der Waals surface area contributed by atoms with Gasteiger partial charge in [-0.05, 0) is 19.3 Å². The number of aliphatic hydroxyl groups is 1. The third-order valence-electron chi connectivity index (χ3n) is 2.04. The van der Waals surface area contributed by atoms with Gasteiger partial charge >= 0.3 is 0 Å². The Bertz CT molecular complexity index is 124. The molecule has 72 valence electrons. The summed E-state index contributed by atoms with van der Waals surface area (Å²) in [5.41, 5.74) is 0. The molecule has 4 heteroatoms. The van der Waals surface area contributed by atoms with Crippen LogP contribution in [0.3, 0.4) is 0 Å². The zero-order chi connectivity index (χ0) is 8.97. The van der Waals surface area contributed by atoms with Gasteiger partial charge in [-0.25, -0.2) is 0 Å². The van der Waals surface area contributed by atoms with Gasteiger partial charge in [-0.3, -0.25) is 0 Å². The van der Waals surface area contributed by atoms with E-state index in [1.54, 1.807) is 14.2 Å². The Balaban J connectivity index is 2.38. The maximum Gasteiger partial charge on any atom is 0.183 e. The van der Waals surface area contributed by atoms with Crippen LogP contribution >= 0.6 is 0 Å². The molecule has 0 aromatic heterocycles. The summed E-state index contributed by atoms with van der Waals surface area (Å²) in [6.07, 6.45) is 1.38. The molecule has 1 heterocycles. The predicted molar refractivity (Wildman–Crippen MR) is 42.5 cm³/mol. The van der Waals surface area contributed by atoms with Crippen LogP contribution in [0.4, 0.5) is 0 Å². The molecule has 0 aliphatic carbocycles. The number of aliphatic hydroxyl groups excluding tert-OH is 1. The summed E-state index contributed by atoms with van der Waals surface area (Å²) in [6.45, 7) is 0. The van der Waals surface area contributed by atoms with Crippen molar-refractivity contribution in [3.8, 4) is 0 Å². The Labute approximate surface area is 72.4 Å². The topological polar surface area (TPSA) is 47.9 Å². The van der Waals surface area contributed by atoms with E-state index in [4.69, 9.17) is 14.2 Å². The van der Waals surface area contributed by atoms with Crippen LogP contribution in [0.25, 0.3) is 0 Å². The van der Waals surface area contributed by atoms with E-state index in [1.165, 1.54) is 0 Å². The van der Waals surface area contributed by atoms with Crippen molar-refractivity contribution in [3.05, 3.63) is 0 Å². The molecule has 4 nitrogen and oxygen atoms in total. The molecular formula is C8H16O4. The first-order chi connectivity index (χ1) is 5.77. The SMILES string of the molecule is COC(OC)[C@@H]1CCCC(O)O1. The average molecular weight is 176 g/mol. The number of hydrogen-bond acceptors (Lipinski definition) is 4. The van der Waals surface area contributed by atoms with E-state index in [0.29, 0.717) is 6.42 Å². The van der Waals surface area contributed by atoms with Crippen molar-refractivity contribution in [3.63, 3.8) is 0 Å². The highest BCUT2D eigenvalue weighted by Crippen LogP contribution is 2.21. The molecule has 0 saturated carbocycles. The molecule has 0 aromatic carbocycles. The van der Waals surface area contributed by atoms with Crippen LogP contribution in [0.1, 0.15) is 19.3 Å². The molecule has 1 aliphatic rings. The lowest BCUT2D eigenvalue weighted by Gasteiger charge is -2.30. The quantitative estimate of drug-likeness (QED) is 0.636. The molecule has 12 heavy (non-hydrogen) atoms. The molecule has 0 spiro atoms. The first kappa shape index (κ1) is 9.92. The summed E-state index contributed by atoms with van der Waals surface area (Å²) >= 11 is 0. The van der Waals surface area contributed by atoms with Gasteiger partial charge in [0.05, 0.1) is 0 Å². The molecule has 1 fully saturated rings. The van der Waals surface area contributed by atoms with Crippen LogP contribution in [0, 0.1) is 0 Å². The normalized spacial score (nSPS) is 31.0. The van der Waals surface area contributed by atoms with Crippen LogP contribution in [0.5, 0.6) is 0 Å². The van der Waals surface area contributed by atoms with E-state index in [1.807, 2.05) is 0 Å². The molecule has 0 amide bonds. The van der Waals surface area contributed by atoms with E-state index in [2.05, 4.69) is 0 Å². The molecule has 1 N–H and O–H groups in total. The second-order valence-corrected chi connectivity index (χ2v) is 2.90. The minimum absolute atomic E-state index is 0.135.